The van der Waals surface area contributed by atoms with Crippen molar-refractivity contribution in [3.63, 3.8) is 0 Å². The van der Waals surface area contributed by atoms with Crippen molar-refractivity contribution < 1.29 is 49.3 Å². The average Bonchev–Trinajstić information content (AvgIpc) is 3.71. The molecule has 1 fully saturated rings. The summed E-state index contributed by atoms with van der Waals surface area (Å²) >= 11 is 0. The van der Waals surface area contributed by atoms with E-state index in [1.165, 1.54) is 283 Å². The van der Waals surface area contributed by atoms with Crippen molar-refractivity contribution in [3.05, 3.63) is 36.5 Å². The second-order valence-corrected chi connectivity index (χ2v) is 26.0. The summed E-state index contributed by atoms with van der Waals surface area (Å²) in [4.78, 5) is 25.1. The molecule has 1 rings (SSSR count). The van der Waals surface area contributed by atoms with Crippen molar-refractivity contribution in [1.29, 1.82) is 0 Å². The molecule has 506 valence electrons. The van der Waals surface area contributed by atoms with E-state index < -0.39 is 49.5 Å². The van der Waals surface area contributed by atoms with Crippen LogP contribution in [0.5, 0.6) is 0 Å². The van der Waals surface area contributed by atoms with Crippen LogP contribution >= 0.6 is 0 Å². The van der Waals surface area contributed by atoms with Crippen LogP contribution in [0.25, 0.3) is 0 Å². The Hall–Kier alpha value is -2.12. The van der Waals surface area contributed by atoms with Gasteiger partial charge in [0.2, 0.25) is 5.91 Å². The summed E-state index contributed by atoms with van der Waals surface area (Å²) in [5, 5.41) is 54.3. The zero-order chi connectivity index (χ0) is 62.3. The highest BCUT2D eigenvalue weighted by molar-refractivity contribution is 5.76. The number of aliphatic hydroxyl groups is 5. The summed E-state index contributed by atoms with van der Waals surface area (Å²) in [7, 11) is 0. The van der Waals surface area contributed by atoms with E-state index in [2.05, 4.69) is 43.5 Å². The molecule has 11 heteroatoms. The zero-order valence-corrected chi connectivity index (χ0v) is 56.3. The van der Waals surface area contributed by atoms with E-state index in [4.69, 9.17) is 14.2 Å². The molecule has 0 bridgehead atoms. The van der Waals surface area contributed by atoms with Crippen LogP contribution in [0, 0.1) is 0 Å². The van der Waals surface area contributed by atoms with Crippen LogP contribution in [0.3, 0.4) is 0 Å². The van der Waals surface area contributed by atoms with Crippen LogP contribution in [0.15, 0.2) is 36.5 Å². The largest absolute Gasteiger partial charge is 0.466 e. The molecule has 1 aliphatic rings. The van der Waals surface area contributed by atoms with Gasteiger partial charge in [0.05, 0.1) is 32.0 Å². The van der Waals surface area contributed by atoms with Gasteiger partial charge in [-0.25, -0.2) is 0 Å². The molecule has 0 saturated carbocycles. The third-order valence-electron chi connectivity index (χ3n) is 17.7. The number of ether oxygens (including phenoxy) is 3. The molecule has 1 heterocycles. The number of hydrogen-bond donors (Lipinski definition) is 6. The smallest absolute Gasteiger partial charge is 0.305 e. The molecule has 0 aromatic heterocycles. The lowest BCUT2D eigenvalue weighted by molar-refractivity contribution is -0.302. The van der Waals surface area contributed by atoms with Crippen LogP contribution < -0.4 is 5.32 Å². The lowest BCUT2D eigenvalue weighted by Gasteiger charge is -2.40. The molecule has 7 unspecified atom stereocenters. The minimum Gasteiger partial charge on any atom is -0.466 e. The van der Waals surface area contributed by atoms with Gasteiger partial charge in [0.15, 0.2) is 6.29 Å². The number of esters is 1. The maximum Gasteiger partial charge on any atom is 0.305 e. The third kappa shape index (κ3) is 52.6. The maximum atomic E-state index is 13.0. The second-order valence-electron chi connectivity index (χ2n) is 26.0. The number of aliphatic hydroxyl groups excluding tert-OH is 5. The van der Waals surface area contributed by atoms with Crippen LogP contribution in [-0.2, 0) is 23.8 Å². The monoisotopic (exact) mass is 1220 g/mol. The number of rotatable bonds is 66. The molecular formula is C75H141NO10. The number of carbonyl (C=O) groups excluding carboxylic acids is 2. The fourth-order valence-electron chi connectivity index (χ4n) is 11.8. The summed E-state index contributed by atoms with van der Waals surface area (Å²) in [6, 6.07) is -0.805. The maximum absolute atomic E-state index is 13.0. The van der Waals surface area contributed by atoms with E-state index in [1.807, 2.05) is 6.08 Å². The van der Waals surface area contributed by atoms with Crippen molar-refractivity contribution in [2.45, 2.75) is 410 Å². The molecule has 6 N–H and O–H groups in total. The molecule has 1 amide bonds. The minimum atomic E-state index is -1.57. The molecule has 0 aromatic carbocycles. The third-order valence-corrected chi connectivity index (χ3v) is 17.7. The molecule has 0 aliphatic carbocycles. The van der Waals surface area contributed by atoms with Gasteiger partial charge in [-0.2, -0.15) is 0 Å². The number of hydrogen-bond acceptors (Lipinski definition) is 10. The van der Waals surface area contributed by atoms with Gasteiger partial charge in [-0.1, -0.05) is 307 Å². The highest BCUT2D eigenvalue weighted by Gasteiger charge is 2.44. The predicted molar refractivity (Wildman–Crippen MR) is 361 cm³/mol. The molecule has 1 aliphatic heterocycles. The standard InChI is InChI=1S/C75H141NO10/c1-3-5-7-9-11-13-14-43-47-51-55-59-63-71(80)84-64-60-56-52-48-44-41-39-37-35-33-31-29-27-25-23-21-19-17-15-16-18-20-22-24-26-28-30-32-34-36-38-40-42-46-50-54-58-62-70(79)76-67(68(78)61-57-53-49-45-12-10-8-6-4-2)66-85-75-74(83)73(82)72(81)69(65-77)86-75/h11,13,15,17,57,61,67-69,72-75,77-78,81-83H,3-10,12,14,16,18-56,58-60,62-66H2,1-2H3,(H,76,79)/b13-11-,17-15-,61-57+. The number of unbranched alkanes of at least 4 members (excludes halogenated alkanes) is 48. The van der Waals surface area contributed by atoms with E-state index in [1.54, 1.807) is 6.08 Å². The molecule has 0 spiro atoms. The van der Waals surface area contributed by atoms with Gasteiger partial charge in [0.25, 0.3) is 0 Å². The van der Waals surface area contributed by atoms with Crippen LogP contribution in [0.2, 0.25) is 0 Å². The normalized spacial score (nSPS) is 18.1. The highest BCUT2D eigenvalue weighted by Crippen LogP contribution is 2.23. The minimum absolute atomic E-state index is 0.00535. The Bertz CT molecular complexity index is 1520. The van der Waals surface area contributed by atoms with E-state index in [0.717, 1.165) is 57.8 Å². The lowest BCUT2D eigenvalue weighted by Crippen LogP contribution is -2.60. The summed E-state index contributed by atoms with van der Waals surface area (Å²) < 4.78 is 16.7. The molecule has 1 saturated heterocycles. The Kier molecular flexibility index (Phi) is 61.3. The second kappa shape index (κ2) is 64.4. The Morgan fingerprint density at radius 1 is 0.419 bits per heavy atom. The Labute approximate surface area is 530 Å². The first kappa shape index (κ1) is 81.9. The Morgan fingerprint density at radius 2 is 0.744 bits per heavy atom. The topological polar surface area (TPSA) is 175 Å². The molecule has 86 heavy (non-hydrogen) atoms. The van der Waals surface area contributed by atoms with Crippen molar-refractivity contribution in [2.75, 3.05) is 19.8 Å². The van der Waals surface area contributed by atoms with Gasteiger partial charge in [0.1, 0.15) is 24.4 Å². The van der Waals surface area contributed by atoms with Crippen LogP contribution in [-0.4, -0.2) is 100 Å². The summed E-state index contributed by atoms with van der Waals surface area (Å²) in [5.74, 6) is -0.173. The first-order valence-electron chi connectivity index (χ1n) is 37.3. The van der Waals surface area contributed by atoms with E-state index in [-0.39, 0.29) is 18.5 Å². The molecular weight excluding hydrogens is 1070 g/mol. The van der Waals surface area contributed by atoms with Gasteiger partial charge in [0, 0.05) is 12.8 Å². The van der Waals surface area contributed by atoms with Gasteiger partial charge < -0.3 is 45.1 Å². The van der Waals surface area contributed by atoms with E-state index in [0.29, 0.717) is 19.4 Å². The fourth-order valence-corrected chi connectivity index (χ4v) is 11.8. The van der Waals surface area contributed by atoms with Gasteiger partial charge in [-0.3, -0.25) is 9.59 Å². The van der Waals surface area contributed by atoms with E-state index in [9.17, 15) is 35.1 Å². The number of nitrogens with one attached hydrogen (secondary N) is 1. The quantitative estimate of drug-likeness (QED) is 0.0195. The van der Waals surface area contributed by atoms with Crippen molar-refractivity contribution in [3.8, 4) is 0 Å². The van der Waals surface area contributed by atoms with Gasteiger partial charge in [-0.05, 0) is 83.5 Å². The molecule has 0 radical (unpaired) electrons. The zero-order valence-electron chi connectivity index (χ0n) is 56.3. The van der Waals surface area contributed by atoms with Gasteiger partial charge in [-0.15, -0.1) is 0 Å². The van der Waals surface area contributed by atoms with Crippen LogP contribution in [0.1, 0.15) is 367 Å². The van der Waals surface area contributed by atoms with Crippen molar-refractivity contribution in [2.24, 2.45) is 0 Å². The van der Waals surface area contributed by atoms with Crippen molar-refractivity contribution >= 4 is 11.9 Å². The number of amides is 1. The molecule has 0 aromatic rings. The predicted octanol–water partition coefficient (Wildman–Crippen LogP) is 19.4. The first-order valence-corrected chi connectivity index (χ1v) is 37.3. The number of allylic oxidation sites excluding steroid dienone is 5. The molecule has 7 atom stereocenters. The van der Waals surface area contributed by atoms with Crippen LogP contribution in [0.4, 0.5) is 0 Å². The summed E-state index contributed by atoms with van der Waals surface area (Å²) in [6.07, 6.45) is 73.2. The summed E-state index contributed by atoms with van der Waals surface area (Å²) in [6.45, 7) is 4.33. The SMILES string of the molecule is CCCCC/C=C\CCCCCCCC(=O)OCCCCCCCCCCCCCCCCCC/C=C\CCCCCCCCCCCCCCCCCCCC(=O)NC(COC1OC(CO)C(O)C(O)C1O)C(O)/C=C/CCCCCCCCC. The van der Waals surface area contributed by atoms with E-state index >= 15 is 0 Å². The number of carbonyl (C=O) groups is 2. The Balaban J connectivity index is 1.87. The lowest BCUT2D eigenvalue weighted by atomic mass is 9.99. The van der Waals surface area contributed by atoms with Gasteiger partial charge >= 0.3 is 5.97 Å². The van der Waals surface area contributed by atoms with Crippen molar-refractivity contribution in [1.82, 2.24) is 5.32 Å². The average molecular weight is 1220 g/mol. The fraction of sp³-hybridized carbons (Fsp3) is 0.893. The highest BCUT2D eigenvalue weighted by atomic mass is 16.7. The Morgan fingerprint density at radius 3 is 1.14 bits per heavy atom. The first-order chi connectivity index (χ1) is 42.2. The molecule has 11 nitrogen and oxygen atoms in total. The summed E-state index contributed by atoms with van der Waals surface area (Å²) in [5.41, 5.74) is 0.